The van der Waals surface area contributed by atoms with Crippen LogP contribution in [0.25, 0.3) is 0 Å². The number of hydrogen-bond acceptors (Lipinski definition) is 5. The molecule has 1 aromatic heterocycles. The van der Waals surface area contributed by atoms with Crippen LogP contribution in [0.4, 0.5) is 5.69 Å². The normalized spacial score (nSPS) is 10.6. The molecule has 0 aliphatic rings. The van der Waals surface area contributed by atoms with Crippen LogP contribution in [0.15, 0.2) is 34.3 Å². The molecule has 0 saturated carbocycles. The van der Waals surface area contributed by atoms with E-state index >= 15 is 0 Å². The molecule has 1 heterocycles. The highest BCUT2D eigenvalue weighted by atomic mass is 35.5. The van der Waals surface area contributed by atoms with Gasteiger partial charge in [-0.1, -0.05) is 23.4 Å². The average molecular weight is 312 g/mol. The molecular weight excluding hydrogens is 298 g/mol. The molecule has 0 fully saturated rings. The standard InChI is InChI=1S/C13H14ClN3O2S/c1-3-19-13(18)10-4-8(15)5-11(14)12(10)20-9-6-16-17(2)7-9/h4-7H,3,15H2,1-2H3. The monoisotopic (exact) mass is 311 g/mol. The maximum atomic E-state index is 12.0. The van der Waals surface area contributed by atoms with Gasteiger partial charge in [-0.25, -0.2) is 4.79 Å². The predicted molar refractivity (Wildman–Crippen MR) is 79.2 cm³/mol. The minimum absolute atomic E-state index is 0.294. The maximum absolute atomic E-state index is 12.0. The number of benzene rings is 1. The third kappa shape index (κ3) is 3.26. The summed E-state index contributed by atoms with van der Waals surface area (Å²) in [4.78, 5) is 13.5. The maximum Gasteiger partial charge on any atom is 0.339 e. The lowest BCUT2D eigenvalue weighted by atomic mass is 10.2. The molecule has 0 saturated heterocycles. The molecule has 0 radical (unpaired) electrons. The quantitative estimate of drug-likeness (QED) is 0.694. The van der Waals surface area contributed by atoms with E-state index in [1.807, 2.05) is 13.2 Å². The number of rotatable bonds is 4. The first-order valence-corrected chi connectivity index (χ1v) is 7.13. The van der Waals surface area contributed by atoms with Gasteiger partial charge in [0, 0.05) is 23.8 Å². The number of nitrogen functional groups attached to an aromatic ring is 1. The van der Waals surface area contributed by atoms with E-state index in [0.29, 0.717) is 27.8 Å². The Balaban J connectivity index is 2.42. The number of esters is 1. The highest BCUT2D eigenvalue weighted by Gasteiger charge is 2.18. The van der Waals surface area contributed by atoms with Gasteiger partial charge in [-0.3, -0.25) is 4.68 Å². The zero-order valence-corrected chi connectivity index (χ0v) is 12.7. The van der Waals surface area contributed by atoms with Crippen LogP contribution in [0.5, 0.6) is 0 Å². The van der Waals surface area contributed by atoms with Crippen LogP contribution in [0.1, 0.15) is 17.3 Å². The average Bonchev–Trinajstić information content (AvgIpc) is 2.78. The predicted octanol–water partition coefficient (Wildman–Crippen LogP) is 2.98. The van der Waals surface area contributed by atoms with E-state index in [2.05, 4.69) is 5.10 Å². The minimum Gasteiger partial charge on any atom is -0.462 e. The number of ether oxygens (including phenoxy) is 1. The Bertz CT molecular complexity index is 643. The second-order valence-electron chi connectivity index (χ2n) is 4.05. The summed E-state index contributed by atoms with van der Waals surface area (Å²) in [6, 6.07) is 3.19. The van der Waals surface area contributed by atoms with Gasteiger partial charge < -0.3 is 10.5 Å². The second kappa shape index (κ2) is 6.19. The molecule has 1 aromatic carbocycles. The lowest BCUT2D eigenvalue weighted by Crippen LogP contribution is -2.07. The lowest BCUT2D eigenvalue weighted by molar-refractivity contribution is 0.0522. The van der Waals surface area contributed by atoms with E-state index in [1.165, 1.54) is 11.8 Å². The molecular formula is C13H14ClN3O2S. The number of aromatic nitrogens is 2. The van der Waals surface area contributed by atoms with Crippen molar-refractivity contribution in [2.45, 2.75) is 16.7 Å². The molecule has 0 spiro atoms. The van der Waals surface area contributed by atoms with Crippen molar-refractivity contribution in [3.63, 3.8) is 0 Å². The van der Waals surface area contributed by atoms with Crippen LogP contribution < -0.4 is 5.73 Å². The van der Waals surface area contributed by atoms with Crippen molar-refractivity contribution in [2.24, 2.45) is 7.05 Å². The Labute approximate surface area is 126 Å². The van der Waals surface area contributed by atoms with Crippen LogP contribution >= 0.6 is 23.4 Å². The van der Waals surface area contributed by atoms with Crippen LogP contribution in [0.3, 0.4) is 0 Å². The number of nitrogens with two attached hydrogens (primary N) is 1. The van der Waals surface area contributed by atoms with Crippen molar-refractivity contribution >= 4 is 35.0 Å². The molecule has 0 aliphatic carbocycles. The molecule has 0 unspecified atom stereocenters. The van der Waals surface area contributed by atoms with Gasteiger partial charge in [0.05, 0.1) is 28.3 Å². The second-order valence-corrected chi connectivity index (χ2v) is 5.54. The number of carbonyl (C=O) groups is 1. The van der Waals surface area contributed by atoms with Gasteiger partial charge in [-0.05, 0) is 19.1 Å². The Hall–Kier alpha value is -1.66. The molecule has 0 bridgehead atoms. The first-order valence-electron chi connectivity index (χ1n) is 5.94. The molecule has 0 amide bonds. The fraction of sp³-hybridized carbons (Fsp3) is 0.231. The van der Waals surface area contributed by atoms with Gasteiger partial charge in [0.25, 0.3) is 0 Å². The Morgan fingerprint density at radius 1 is 1.55 bits per heavy atom. The van der Waals surface area contributed by atoms with Crippen molar-refractivity contribution < 1.29 is 9.53 Å². The van der Waals surface area contributed by atoms with Gasteiger partial charge in [0.2, 0.25) is 0 Å². The van der Waals surface area contributed by atoms with Gasteiger partial charge in [0.1, 0.15) is 0 Å². The molecule has 7 heteroatoms. The molecule has 20 heavy (non-hydrogen) atoms. The first kappa shape index (κ1) is 14.7. The van der Waals surface area contributed by atoms with Gasteiger partial charge in [-0.2, -0.15) is 5.10 Å². The Morgan fingerprint density at radius 3 is 2.90 bits per heavy atom. The summed E-state index contributed by atoms with van der Waals surface area (Å²) >= 11 is 7.55. The number of aryl methyl sites for hydroxylation is 1. The van der Waals surface area contributed by atoms with Crippen molar-refractivity contribution in [2.75, 3.05) is 12.3 Å². The topological polar surface area (TPSA) is 70.1 Å². The largest absolute Gasteiger partial charge is 0.462 e. The lowest BCUT2D eigenvalue weighted by Gasteiger charge is -2.10. The summed E-state index contributed by atoms with van der Waals surface area (Å²) < 4.78 is 6.71. The Morgan fingerprint density at radius 2 is 2.30 bits per heavy atom. The summed E-state index contributed by atoms with van der Waals surface area (Å²) in [7, 11) is 1.82. The van der Waals surface area contributed by atoms with Crippen molar-refractivity contribution in [3.8, 4) is 0 Å². The van der Waals surface area contributed by atoms with Crippen LogP contribution in [0, 0.1) is 0 Å². The molecule has 5 nitrogen and oxygen atoms in total. The van der Waals surface area contributed by atoms with E-state index < -0.39 is 5.97 Å². The van der Waals surface area contributed by atoms with Crippen LogP contribution in [0.2, 0.25) is 5.02 Å². The number of carbonyl (C=O) groups excluding carboxylic acids is 1. The van der Waals surface area contributed by atoms with Crippen LogP contribution in [-0.2, 0) is 11.8 Å². The van der Waals surface area contributed by atoms with E-state index in [0.717, 1.165) is 4.90 Å². The number of hydrogen-bond donors (Lipinski definition) is 1. The van der Waals surface area contributed by atoms with Crippen molar-refractivity contribution in [1.29, 1.82) is 0 Å². The number of nitrogens with zero attached hydrogens (tertiary/aromatic N) is 2. The van der Waals surface area contributed by atoms with Crippen LogP contribution in [-0.4, -0.2) is 22.4 Å². The Kier molecular flexibility index (Phi) is 4.57. The highest BCUT2D eigenvalue weighted by Crippen LogP contribution is 2.37. The minimum atomic E-state index is -0.437. The fourth-order valence-corrected chi connectivity index (χ4v) is 2.94. The van der Waals surface area contributed by atoms with E-state index in [9.17, 15) is 4.79 Å². The van der Waals surface area contributed by atoms with Crippen molar-refractivity contribution in [3.05, 3.63) is 35.1 Å². The van der Waals surface area contributed by atoms with E-state index in [4.69, 9.17) is 22.1 Å². The number of anilines is 1. The summed E-state index contributed by atoms with van der Waals surface area (Å²) in [6.07, 6.45) is 3.54. The zero-order valence-electron chi connectivity index (χ0n) is 11.1. The van der Waals surface area contributed by atoms with E-state index in [1.54, 1.807) is 29.9 Å². The van der Waals surface area contributed by atoms with E-state index in [-0.39, 0.29) is 0 Å². The molecule has 0 aliphatic heterocycles. The molecule has 2 rings (SSSR count). The SMILES string of the molecule is CCOC(=O)c1cc(N)cc(Cl)c1Sc1cnn(C)c1. The zero-order chi connectivity index (χ0) is 14.7. The third-order valence-electron chi connectivity index (χ3n) is 2.46. The highest BCUT2D eigenvalue weighted by molar-refractivity contribution is 7.99. The summed E-state index contributed by atoms with van der Waals surface area (Å²) in [6.45, 7) is 2.04. The molecule has 0 atom stereocenters. The number of halogens is 1. The summed E-state index contributed by atoms with van der Waals surface area (Å²) in [5.41, 5.74) is 6.53. The third-order valence-corrected chi connectivity index (χ3v) is 3.96. The van der Waals surface area contributed by atoms with Crippen molar-refractivity contribution in [1.82, 2.24) is 9.78 Å². The van der Waals surface area contributed by atoms with Gasteiger partial charge in [-0.15, -0.1) is 0 Å². The molecule has 2 N–H and O–H groups in total. The fourth-order valence-electron chi connectivity index (χ4n) is 1.65. The summed E-state index contributed by atoms with van der Waals surface area (Å²) in [5, 5.41) is 4.50. The smallest absolute Gasteiger partial charge is 0.339 e. The summed E-state index contributed by atoms with van der Waals surface area (Å²) in [5.74, 6) is -0.437. The first-order chi connectivity index (χ1) is 9.51. The molecule has 2 aromatic rings. The van der Waals surface area contributed by atoms with Gasteiger partial charge >= 0.3 is 5.97 Å². The molecule has 106 valence electrons. The van der Waals surface area contributed by atoms with Gasteiger partial charge in [0.15, 0.2) is 0 Å².